The maximum atomic E-state index is 13.2. The van der Waals surface area contributed by atoms with Crippen molar-refractivity contribution < 1.29 is 17.9 Å². The molecule has 6 heteroatoms. The third kappa shape index (κ3) is 4.50. The normalized spacial score (nSPS) is 13.2. The van der Waals surface area contributed by atoms with E-state index in [4.69, 9.17) is 13.1 Å². The molecule has 0 aliphatic carbocycles. The van der Waals surface area contributed by atoms with Crippen molar-refractivity contribution in [1.82, 2.24) is 0 Å². The summed E-state index contributed by atoms with van der Waals surface area (Å²) in [6.07, 6.45) is 0. The molecule has 0 unspecified atom stereocenters. The van der Waals surface area contributed by atoms with Gasteiger partial charge in [0, 0.05) is 17.8 Å². The van der Waals surface area contributed by atoms with Crippen LogP contribution in [0.5, 0.6) is 0 Å². The van der Waals surface area contributed by atoms with Crippen molar-refractivity contribution in [1.29, 1.82) is 0 Å². The topological polar surface area (TPSA) is 55.8 Å². The predicted molar refractivity (Wildman–Crippen MR) is 150 cm³/mol. The molecule has 0 saturated heterocycles. The van der Waals surface area contributed by atoms with Gasteiger partial charge >= 0.3 is 14.1 Å². The van der Waals surface area contributed by atoms with Crippen molar-refractivity contribution in [3.63, 3.8) is 0 Å². The summed E-state index contributed by atoms with van der Waals surface area (Å²) in [5.74, 6) is -0.286. The van der Waals surface area contributed by atoms with Crippen LogP contribution in [0.3, 0.4) is 0 Å². The number of benzene rings is 4. The van der Waals surface area contributed by atoms with E-state index in [2.05, 4.69) is 36.4 Å². The van der Waals surface area contributed by atoms with Crippen LogP contribution in [0.25, 0.3) is 43.5 Å². The monoisotopic (exact) mass is 501 g/mol. The van der Waals surface area contributed by atoms with Gasteiger partial charge in [-0.1, -0.05) is 74.5 Å². The molecule has 0 saturated carbocycles. The second kappa shape index (κ2) is 9.31. The van der Waals surface area contributed by atoms with Gasteiger partial charge in [0.15, 0.2) is 0 Å². The highest BCUT2D eigenvalue weighted by atomic mass is 31.1. The van der Waals surface area contributed by atoms with E-state index in [-0.39, 0.29) is 11.9 Å². The quantitative estimate of drug-likeness (QED) is 0.231. The van der Waals surface area contributed by atoms with Crippen molar-refractivity contribution in [2.24, 2.45) is 5.92 Å². The van der Waals surface area contributed by atoms with E-state index in [0.717, 1.165) is 43.5 Å². The number of rotatable bonds is 4. The number of carbonyl (C=O) groups excluding carboxylic acids is 1. The van der Waals surface area contributed by atoms with Crippen LogP contribution in [0.4, 0.5) is 0 Å². The Bertz CT molecular complexity index is 1530. The third-order valence-electron chi connectivity index (χ3n) is 6.32. The van der Waals surface area contributed by atoms with Crippen molar-refractivity contribution in [2.75, 3.05) is 11.7 Å². The maximum absolute atomic E-state index is 13.2. The first-order valence-corrected chi connectivity index (χ1v) is 13.4. The molecule has 0 N–H and O–H groups in total. The van der Waals surface area contributed by atoms with Crippen LogP contribution in [0.2, 0.25) is 0 Å². The Morgan fingerprint density at radius 1 is 0.806 bits per heavy atom. The van der Waals surface area contributed by atoms with Crippen LogP contribution in [-0.4, -0.2) is 24.7 Å². The minimum Gasteiger partial charge on any atom is -0.459 e. The number of ether oxygens (including phenoxy) is 1. The Labute approximate surface area is 212 Å². The fourth-order valence-electron chi connectivity index (χ4n) is 4.81. The Balaban J connectivity index is 1.84. The lowest BCUT2D eigenvalue weighted by Crippen LogP contribution is -2.44. The lowest BCUT2D eigenvalue weighted by Gasteiger charge is -2.30. The summed E-state index contributed by atoms with van der Waals surface area (Å²) in [5, 5.41) is 6.49. The van der Waals surface area contributed by atoms with Crippen LogP contribution in [0, 0.1) is 5.92 Å². The summed E-state index contributed by atoms with van der Waals surface area (Å²) in [6.45, 7) is 9.68. The Morgan fingerprint density at radius 2 is 1.28 bits per heavy atom. The summed E-state index contributed by atoms with van der Waals surface area (Å²) in [6, 6.07) is 24.3. The van der Waals surface area contributed by atoms with E-state index in [9.17, 15) is 4.79 Å². The van der Waals surface area contributed by atoms with Crippen molar-refractivity contribution in [2.45, 2.75) is 46.3 Å². The lowest BCUT2D eigenvalue weighted by atomic mass is 9.99. The molecule has 0 aliphatic heterocycles. The number of esters is 1. The summed E-state index contributed by atoms with van der Waals surface area (Å²) in [4.78, 5) is 13.2. The Kier molecular flexibility index (Phi) is 6.32. The number of hydrogen-bond acceptors (Lipinski definition) is 5. The molecule has 1 atom stereocenters. The van der Waals surface area contributed by atoms with Crippen molar-refractivity contribution in [3.8, 4) is 0 Å². The Morgan fingerprint density at radius 3 is 1.72 bits per heavy atom. The number of hydrogen-bond donors (Lipinski definition) is 0. The van der Waals surface area contributed by atoms with Gasteiger partial charge in [-0.2, -0.15) is 4.67 Å². The fraction of sp³-hybridized carbons (Fsp3) is 0.300. The van der Waals surface area contributed by atoms with E-state index in [1.54, 1.807) is 0 Å². The molecular formula is C30H32NO4P. The van der Waals surface area contributed by atoms with Gasteiger partial charge in [-0.25, -0.2) is 0 Å². The molecule has 0 bridgehead atoms. The highest BCUT2D eigenvalue weighted by Crippen LogP contribution is 2.42. The molecule has 5 nitrogen and oxygen atoms in total. The Hall–Kier alpha value is -3.27. The SMILES string of the molecule is CC(C)[C@@H](C(=O)OC(C)(C)C)N(C)p1oc2ccc3ccccc3c2c2c(ccc3ccccc32)o1. The molecule has 36 heavy (non-hydrogen) atoms. The highest BCUT2D eigenvalue weighted by Gasteiger charge is 2.34. The van der Waals surface area contributed by atoms with Crippen LogP contribution in [0.15, 0.2) is 81.2 Å². The minimum absolute atomic E-state index is 0.00468. The summed E-state index contributed by atoms with van der Waals surface area (Å²) in [7, 11) is 0.225. The highest BCUT2D eigenvalue weighted by molar-refractivity contribution is 7.39. The van der Waals surface area contributed by atoms with Crippen LogP contribution in [-0.2, 0) is 9.53 Å². The molecule has 0 radical (unpaired) electrons. The molecule has 0 amide bonds. The average molecular weight is 502 g/mol. The van der Waals surface area contributed by atoms with E-state index in [1.807, 2.05) is 82.7 Å². The first-order chi connectivity index (χ1) is 17.1. The molecule has 5 aromatic rings. The molecule has 4 aromatic carbocycles. The van der Waals surface area contributed by atoms with Crippen molar-refractivity contribution >= 4 is 57.6 Å². The summed E-state index contributed by atoms with van der Waals surface area (Å²) in [5.41, 5.74) is 0.905. The lowest BCUT2D eigenvalue weighted by molar-refractivity contribution is -0.157. The second-order valence-electron chi connectivity index (χ2n) is 10.5. The van der Waals surface area contributed by atoms with E-state index < -0.39 is 19.8 Å². The molecule has 1 aromatic heterocycles. The van der Waals surface area contributed by atoms with Crippen molar-refractivity contribution in [3.05, 3.63) is 72.8 Å². The van der Waals surface area contributed by atoms with Gasteiger partial charge in [0.05, 0.1) is 0 Å². The zero-order chi connectivity index (χ0) is 25.6. The molecule has 186 valence electrons. The average Bonchev–Trinajstić information content (AvgIpc) is 3.00. The third-order valence-corrected chi connectivity index (χ3v) is 7.79. The fourth-order valence-corrected chi connectivity index (χ4v) is 6.31. The smallest absolute Gasteiger partial charge is 0.325 e. The van der Waals surface area contributed by atoms with Gasteiger partial charge in [0.25, 0.3) is 0 Å². The van der Waals surface area contributed by atoms with Gasteiger partial charge in [-0.05, 0) is 60.4 Å². The van der Waals surface area contributed by atoms with E-state index in [0.29, 0.717) is 0 Å². The molecule has 0 spiro atoms. The number of carbonyl (C=O) groups is 1. The zero-order valence-corrected chi connectivity index (χ0v) is 22.5. The van der Waals surface area contributed by atoms with Crippen LogP contribution >= 0.6 is 8.16 Å². The van der Waals surface area contributed by atoms with Gasteiger partial charge in [-0.15, -0.1) is 0 Å². The first-order valence-electron chi connectivity index (χ1n) is 12.3. The maximum Gasteiger partial charge on any atom is 0.325 e. The van der Waals surface area contributed by atoms with Crippen LogP contribution in [0.1, 0.15) is 34.6 Å². The second-order valence-corrected chi connectivity index (χ2v) is 12.0. The molecule has 5 rings (SSSR count). The zero-order valence-electron chi connectivity index (χ0n) is 21.6. The number of nitrogens with zero attached hydrogens (tertiary/aromatic N) is 1. The molecule has 0 aliphatic rings. The van der Waals surface area contributed by atoms with Gasteiger partial charge in [-0.3, -0.25) is 4.79 Å². The van der Waals surface area contributed by atoms with Gasteiger partial charge < -0.3 is 13.1 Å². The van der Waals surface area contributed by atoms with Crippen LogP contribution < -0.4 is 4.67 Å². The van der Waals surface area contributed by atoms with Gasteiger partial charge in [0.2, 0.25) is 0 Å². The summed E-state index contributed by atoms with van der Waals surface area (Å²) >= 11 is 0. The summed E-state index contributed by atoms with van der Waals surface area (Å²) < 4.78 is 20.9. The molecule has 1 heterocycles. The number of fused-ring (bicyclic) bond motifs is 7. The number of likely N-dealkylation sites (N-methyl/N-ethyl adjacent to an activating group) is 1. The standard InChI is InChI=1S/C30H32NO4P/c1-19(2)28(29(32)33-30(3,4)5)31(6)36-34-24-17-15-20-11-7-9-13-22(20)26(24)27-23-14-10-8-12-21(23)16-18-25(27)35-36/h7-19,28H,1-6H3/t28-/m0/s1. The van der Waals surface area contributed by atoms with Gasteiger partial charge in [0.1, 0.15) is 22.8 Å². The molecular weight excluding hydrogens is 469 g/mol. The van der Waals surface area contributed by atoms with E-state index in [1.165, 1.54) is 0 Å². The largest absolute Gasteiger partial charge is 0.459 e. The first kappa shape index (κ1) is 24.4. The minimum atomic E-state index is -1.66. The predicted octanol–water partition coefficient (Wildman–Crippen LogP) is 8.53. The van der Waals surface area contributed by atoms with E-state index >= 15 is 0 Å². The molecule has 0 fully saturated rings.